The van der Waals surface area contributed by atoms with Gasteiger partial charge in [0.05, 0.1) is 22.7 Å². The van der Waals surface area contributed by atoms with Gasteiger partial charge in [-0.15, -0.1) is 0 Å². The second-order valence-electron chi connectivity index (χ2n) is 6.50. The fraction of sp³-hybridized carbons (Fsp3) is 0.350. The molecule has 2 aromatic rings. The smallest absolute Gasteiger partial charge is 0.224 e. The summed E-state index contributed by atoms with van der Waals surface area (Å²) >= 11 is 0. The molecule has 7 heteroatoms. The number of halogens is 1. The third-order valence-corrected chi connectivity index (χ3v) is 6.40. The standard InChI is InChI=1S/C20H24FNO4S/c1-14(2)27(24,25)18-9-7-15(8-10-18)11-20(23)22-13-19(26-3)16-5-4-6-17(21)12-16/h4-10,12,14,19H,11,13H2,1-3H3,(H,22,23). The number of amides is 1. The van der Waals surface area contributed by atoms with Crippen LogP contribution in [0.1, 0.15) is 31.1 Å². The highest BCUT2D eigenvalue weighted by atomic mass is 32.2. The van der Waals surface area contributed by atoms with E-state index in [2.05, 4.69) is 5.32 Å². The Hall–Kier alpha value is -2.25. The molecule has 0 spiro atoms. The van der Waals surface area contributed by atoms with Crippen molar-refractivity contribution >= 4 is 15.7 Å². The molecule has 27 heavy (non-hydrogen) atoms. The predicted octanol–water partition coefficient (Wildman–Crippen LogP) is 3.05. The zero-order valence-corrected chi connectivity index (χ0v) is 16.4. The molecular weight excluding hydrogens is 369 g/mol. The van der Waals surface area contributed by atoms with E-state index in [4.69, 9.17) is 4.74 Å². The molecule has 2 aromatic carbocycles. The highest BCUT2D eigenvalue weighted by molar-refractivity contribution is 7.92. The molecule has 0 aliphatic rings. The van der Waals surface area contributed by atoms with Crippen molar-refractivity contribution in [3.05, 3.63) is 65.5 Å². The number of rotatable bonds is 8. The van der Waals surface area contributed by atoms with Gasteiger partial charge in [0.15, 0.2) is 9.84 Å². The van der Waals surface area contributed by atoms with E-state index in [1.54, 1.807) is 38.1 Å². The lowest BCUT2D eigenvalue weighted by Gasteiger charge is -2.16. The SMILES string of the molecule is COC(CNC(=O)Cc1ccc(S(=O)(=O)C(C)C)cc1)c1cccc(F)c1. The Kier molecular flexibility index (Phi) is 7.10. The number of carbonyl (C=O) groups excluding carboxylic acids is 1. The average Bonchev–Trinajstić information content (AvgIpc) is 2.62. The van der Waals surface area contributed by atoms with E-state index in [0.717, 1.165) is 0 Å². The summed E-state index contributed by atoms with van der Waals surface area (Å²) in [6.45, 7) is 3.46. The molecule has 0 aromatic heterocycles. The summed E-state index contributed by atoms with van der Waals surface area (Å²) in [4.78, 5) is 12.4. The summed E-state index contributed by atoms with van der Waals surface area (Å²) in [6, 6.07) is 12.3. The van der Waals surface area contributed by atoms with E-state index >= 15 is 0 Å². The van der Waals surface area contributed by atoms with E-state index in [1.807, 2.05) is 0 Å². The Labute approximate surface area is 159 Å². The monoisotopic (exact) mass is 393 g/mol. The molecule has 0 fully saturated rings. The quantitative estimate of drug-likeness (QED) is 0.748. The molecule has 5 nitrogen and oxygen atoms in total. The highest BCUT2D eigenvalue weighted by Crippen LogP contribution is 2.18. The molecule has 1 atom stereocenters. The first-order valence-corrected chi connectivity index (χ1v) is 10.2. The van der Waals surface area contributed by atoms with Gasteiger partial charge in [0.2, 0.25) is 5.91 Å². The number of ether oxygens (including phenoxy) is 1. The fourth-order valence-electron chi connectivity index (χ4n) is 2.57. The van der Waals surface area contributed by atoms with Crippen molar-refractivity contribution in [3.63, 3.8) is 0 Å². The average molecular weight is 393 g/mol. The molecule has 0 aliphatic carbocycles. The van der Waals surface area contributed by atoms with Gasteiger partial charge in [0.25, 0.3) is 0 Å². The molecule has 0 saturated carbocycles. The van der Waals surface area contributed by atoms with Gasteiger partial charge in [0, 0.05) is 13.7 Å². The molecule has 1 N–H and O–H groups in total. The number of benzene rings is 2. The lowest BCUT2D eigenvalue weighted by atomic mass is 10.1. The number of carbonyl (C=O) groups is 1. The van der Waals surface area contributed by atoms with Gasteiger partial charge in [-0.25, -0.2) is 12.8 Å². The van der Waals surface area contributed by atoms with E-state index in [1.165, 1.54) is 31.4 Å². The molecule has 0 bridgehead atoms. The van der Waals surface area contributed by atoms with Crippen LogP contribution < -0.4 is 5.32 Å². The van der Waals surface area contributed by atoms with Crippen LogP contribution in [0.5, 0.6) is 0 Å². The lowest BCUT2D eigenvalue weighted by Crippen LogP contribution is -2.30. The Morgan fingerprint density at radius 2 is 1.81 bits per heavy atom. The highest BCUT2D eigenvalue weighted by Gasteiger charge is 2.19. The molecule has 0 saturated heterocycles. The molecule has 1 amide bonds. The van der Waals surface area contributed by atoms with Gasteiger partial charge in [-0.2, -0.15) is 0 Å². The summed E-state index contributed by atoms with van der Waals surface area (Å²) in [7, 11) is -1.83. The van der Waals surface area contributed by atoms with Crippen molar-refractivity contribution in [3.8, 4) is 0 Å². The summed E-state index contributed by atoms with van der Waals surface area (Å²) < 4.78 is 42.9. The van der Waals surface area contributed by atoms with E-state index < -0.39 is 21.2 Å². The zero-order chi connectivity index (χ0) is 20.0. The van der Waals surface area contributed by atoms with Crippen LogP contribution in [0.15, 0.2) is 53.4 Å². The van der Waals surface area contributed by atoms with Gasteiger partial charge in [-0.05, 0) is 49.2 Å². The molecule has 0 heterocycles. The molecular formula is C20H24FNO4S. The van der Waals surface area contributed by atoms with Gasteiger partial charge in [-0.1, -0.05) is 24.3 Å². The number of hydrogen-bond donors (Lipinski definition) is 1. The normalized spacial score (nSPS) is 12.8. The molecule has 1 unspecified atom stereocenters. The van der Waals surface area contributed by atoms with Crippen molar-refractivity contribution in [1.82, 2.24) is 5.32 Å². The Bertz CT molecular complexity index is 879. The van der Waals surface area contributed by atoms with E-state index in [9.17, 15) is 17.6 Å². The topological polar surface area (TPSA) is 72.5 Å². The third-order valence-electron chi connectivity index (χ3n) is 4.23. The van der Waals surface area contributed by atoms with Crippen molar-refractivity contribution in [2.24, 2.45) is 0 Å². The maximum Gasteiger partial charge on any atom is 0.224 e. The first-order chi connectivity index (χ1) is 12.7. The van der Waals surface area contributed by atoms with Gasteiger partial charge < -0.3 is 10.1 Å². The second kappa shape index (κ2) is 9.10. The van der Waals surface area contributed by atoms with Crippen molar-refractivity contribution < 1.29 is 22.3 Å². The van der Waals surface area contributed by atoms with Crippen LogP contribution in [0, 0.1) is 5.82 Å². The number of methoxy groups -OCH3 is 1. The van der Waals surface area contributed by atoms with Crippen LogP contribution in [0.3, 0.4) is 0 Å². The Morgan fingerprint density at radius 1 is 1.15 bits per heavy atom. The maximum atomic E-state index is 13.3. The van der Waals surface area contributed by atoms with Crippen molar-refractivity contribution in [1.29, 1.82) is 0 Å². The summed E-state index contributed by atoms with van der Waals surface area (Å²) in [6.07, 6.45) is -0.343. The second-order valence-corrected chi connectivity index (χ2v) is 9.00. The van der Waals surface area contributed by atoms with Gasteiger partial charge >= 0.3 is 0 Å². The predicted molar refractivity (Wildman–Crippen MR) is 102 cm³/mol. The minimum atomic E-state index is -3.33. The van der Waals surface area contributed by atoms with Crippen LogP contribution in [-0.4, -0.2) is 33.2 Å². The molecule has 0 aliphatic heterocycles. The van der Waals surface area contributed by atoms with Crippen LogP contribution in [0.2, 0.25) is 0 Å². The van der Waals surface area contributed by atoms with Gasteiger partial charge in [0.1, 0.15) is 5.82 Å². The first-order valence-electron chi connectivity index (χ1n) is 8.62. The minimum Gasteiger partial charge on any atom is -0.375 e. The summed E-state index contributed by atoms with van der Waals surface area (Å²) in [5.74, 6) is -0.592. The van der Waals surface area contributed by atoms with Crippen molar-refractivity contribution in [2.75, 3.05) is 13.7 Å². The van der Waals surface area contributed by atoms with Crippen LogP contribution in [0.4, 0.5) is 4.39 Å². The van der Waals surface area contributed by atoms with Crippen LogP contribution in [-0.2, 0) is 25.8 Å². The molecule has 0 radical (unpaired) electrons. The fourth-order valence-corrected chi connectivity index (χ4v) is 3.63. The largest absolute Gasteiger partial charge is 0.375 e. The van der Waals surface area contributed by atoms with E-state index in [0.29, 0.717) is 11.1 Å². The zero-order valence-electron chi connectivity index (χ0n) is 15.6. The summed E-state index contributed by atoms with van der Waals surface area (Å²) in [5, 5.41) is 2.26. The first kappa shape index (κ1) is 21.1. The van der Waals surface area contributed by atoms with Gasteiger partial charge in [-0.3, -0.25) is 4.79 Å². The molecule has 2 rings (SSSR count). The number of hydrogen-bond acceptors (Lipinski definition) is 4. The lowest BCUT2D eigenvalue weighted by molar-refractivity contribution is -0.121. The minimum absolute atomic E-state index is 0.113. The number of sulfone groups is 1. The van der Waals surface area contributed by atoms with Crippen molar-refractivity contribution in [2.45, 2.75) is 36.5 Å². The molecule has 146 valence electrons. The third kappa shape index (κ3) is 5.61. The Balaban J connectivity index is 1.95. The van der Waals surface area contributed by atoms with Crippen LogP contribution in [0.25, 0.3) is 0 Å². The number of nitrogens with one attached hydrogen (secondary N) is 1. The summed E-state index contributed by atoms with van der Waals surface area (Å²) in [5.41, 5.74) is 1.34. The van der Waals surface area contributed by atoms with E-state index in [-0.39, 0.29) is 29.6 Å². The Morgan fingerprint density at radius 3 is 2.37 bits per heavy atom. The van der Waals surface area contributed by atoms with Crippen LogP contribution >= 0.6 is 0 Å². The maximum absolute atomic E-state index is 13.3.